The Balaban J connectivity index is 1.41. The molecular formula is C38H40O2. The Kier molecular flexibility index (Phi) is 9.06. The van der Waals surface area contributed by atoms with Crippen LogP contribution in [0.4, 0.5) is 0 Å². The van der Waals surface area contributed by atoms with E-state index in [0.717, 1.165) is 46.2 Å². The predicted molar refractivity (Wildman–Crippen MR) is 167 cm³/mol. The SMILES string of the molecule is CCCCCCc1ccc(-c2ccc3c(c2)-c2cc(-c4ccc(CCCCCC)cc4)ccc2C(=O)C3=O)cc1. The van der Waals surface area contributed by atoms with Gasteiger partial charge in [-0.2, -0.15) is 0 Å². The molecule has 204 valence electrons. The second kappa shape index (κ2) is 13.0. The highest BCUT2D eigenvalue weighted by Crippen LogP contribution is 2.38. The number of carbonyl (C=O) groups excluding carboxylic acids is 2. The largest absolute Gasteiger partial charge is 0.285 e. The number of unbranched alkanes of at least 4 members (excludes halogenated alkanes) is 6. The standard InChI is InChI=1S/C38H40O2/c1-3-5-7-9-11-27-13-17-29(18-14-27)31-21-23-33-35(25-31)36-26-32(22-24-34(36)38(40)37(33)39)30-19-15-28(16-20-30)12-10-8-6-4-2/h13-26H,3-12H2,1-2H3. The molecule has 0 fully saturated rings. The molecule has 0 saturated carbocycles. The van der Waals surface area contributed by atoms with E-state index >= 15 is 0 Å². The normalized spacial score (nSPS) is 12.3. The van der Waals surface area contributed by atoms with Crippen LogP contribution in [-0.4, -0.2) is 11.6 Å². The van der Waals surface area contributed by atoms with Crippen molar-refractivity contribution in [3.63, 3.8) is 0 Å². The average Bonchev–Trinajstić information content (AvgIpc) is 3.00. The summed E-state index contributed by atoms with van der Waals surface area (Å²) in [5, 5.41) is 0. The number of hydrogen-bond acceptors (Lipinski definition) is 2. The molecule has 0 N–H and O–H groups in total. The zero-order valence-corrected chi connectivity index (χ0v) is 24.0. The number of ketones is 2. The van der Waals surface area contributed by atoms with Crippen LogP contribution < -0.4 is 0 Å². The van der Waals surface area contributed by atoms with Crippen molar-refractivity contribution in [2.75, 3.05) is 0 Å². The van der Waals surface area contributed by atoms with E-state index in [0.29, 0.717) is 11.1 Å². The lowest BCUT2D eigenvalue weighted by molar-refractivity contribution is 0.0815. The summed E-state index contributed by atoms with van der Waals surface area (Å²) in [5.41, 5.74) is 9.76. The molecule has 1 aliphatic rings. The first kappa shape index (κ1) is 27.8. The van der Waals surface area contributed by atoms with Gasteiger partial charge in [0, 0.05) is 11.1 Å². The van der Waals surface area contributed by atoms with E-state index < -0.39 is 11.6 Å². The molecule has 0 unspecified atom stereocenters. The minimum absolute atomic E-state index is 0.420. The summed E-state index contributed by atoms with van der Waals surface area (Å²) in [4.78, 5) is 26.0. The zero-order chi connectivity index (χ0) is 27.9. The van der Waals surface area contributed by atoms with Crippen molar-refractivity contribution in [3.05, 3.63) is 107 Å². The highest BCUT2D eigenvalue weighted by molar-refractivity contribution is 6.53. The van der Waals surface area contributed by atoms with Gasteiger partial charge < -0.3 is 0 Å². The molecule has 0 bridgehead atoms. The van der Waals surface area contributed by atoms with Crippen LogP contribution in [0.3, 0.4) is 0 Å². The number of carbonyl (C=O) groups is 2. The van der Waals surface area contributed by atoms with Crippen LogP contribution in [0.15, 0.2) is 84.9 Å². The fourth-order valence-electron chi connectivity index (χ4n) is 5.77. The van der Waals surface area contributed by atoms with E-state index in [4.69, 9.17) is 0 Å². The molecule has 5 rings (SSSR count). The minimum Gasteiger partial charge on any atom is -0.285 e. The first-order valence-electron chi connectivity index (χ1n) is 15.1. The quantitative estimate of drug-likeness (QED) is 0.135. The van der Waals surface area contributed by atoms with Crippen molar-refractivity contribution in [2.24, 2.45) is 0 Å². The summed E-state index contributed by atoms with van der Waals surface area (Å²) >= 11 is 0. The van der Waals surface area contributed by atoms with E-state index in [1.165, 1.54) is 62.5 Å². The Morgan fingerprint density at radius 2 is 0.775 bits per heavy atom. The van der Waals surface area contributed by atoms with Gasteiger partial charge in [-0.1, -0.05) is 113 Å². The highest BCUT2D eigenvalue weighted by atomic mass is 16.2. The maximum absolute atomic E-state index is 13.0. The fraction of sp³-hybridized carbons (Fsp3) is 0.316. The monoisotopic (exact) mass is 528 g/mol. The summed E-state index contributed by atoms with van der Waals surface area (Å²) in [6, 6.07) is 29.3. The van der Waals surface area contributed by atoms with E-state index in [9.17, 15) is 9.59 Å². The van der Waals surface area contributed by atoms with Crippen molar-refractivity contribution in [1.29, 1.82) is 0 Å². The molecule has 0 aromatic heterocycles. The molecule has 0 aliphatic heterocycles. The number of Topliss-reactive ketones (excluding diaryl/α,β-unsaturated/α-hetero) is 2. The van der Waals surface area contributed by atoms with Crippen molar-refractivity contribution >= 4 is 11.6 Å². The molecule has 0 radical (unpaired) electrons. The Morgan fingerprint density at radius 3 is 1.15 bits per heavy atom. The lowest BCUT2D eigenvalue weighted by Gasteiger charge is -2.20. The topological polar surface area (TPSA) is 34.1 Å². The lowest BCUT2D eigenvalue weighted by Crippen LogP contribution is -2.21. The third kappa shape index (κ3) is 6.17. The van der Waals surface area contributed by atoms with Gasteiger partial charge in [0.2, 0.25) is 11.6 Å². The van der Waals surface area contributed by atoms with Gasteiger partial charge in [0.1, 0.15) is 0 Å². The van der Waals surface area contributed by atoms with Crippen LogP contribution >= 0.6 is 0 Å². The maximum Gasteiger partial charge on any atom is 0.234 e. The van der Waals surface area contributed by atoms with Gasteiger partial charge in [-0.25, -0.2) is 0 Å². The van der Waals surface area contributed by atoms with Crippen LogP contribution in [0.5, 0.6) is 0 Å². The first-order chi connectivity index (χ1) is 19.6. The van der Waals surface area contributed by atoms with Gasteiger partial charge in [0.15, 0.2) is 0 Å². The number of aryl methyl sites for hydroxylation is 2. The van der Waals surface area contributed by atoms with Crippen LogP contribution in [0.1, 0.15) is 97.1 Å². The molecule has 2 nitrogen and oxygen atoms in total. The summed E-state index contributed by atoms with van der Waals surface area (Å²) in [5.74, 6) is -0.840. The molecule has 1 aliphatic carbocycles. The fourth-order valence-corrected chi connectivity index (χ4v) is 5.77. The molecule has 4 aromatic rings. The molecule has 4 aromatic carbocycles. The highest BCUT2D eigenvalue weighted by Gasteiger charge is 2.30. The van der Waals surface area contributed by atoms with Gasteiger partial charge in [-0.15, -0.1) is 0 Å². The molecule has 0 saturated heterocycles. The average molecular weight is 529 g/mol. The summed E-state index contributed by atoms with van der Waals surface area (Å²) in [6.07, 6.45) is 12.3. The van der Waals surface area contributed by atoms with Crippen molar-refractivity contribution < 1.29 is 9.59 Å². The summed E-state index contributed by atoms with van der Waals surface area (Å²) in [7, 11) is 0. The maximum atomic E-state index is 13.0. The van der Waals surface area contributed by atoms with Gasteiger partial charge in [0.25, 0.3) is 0 Å². The Bertz CT molecular complexity index is 1360. The van der Waals surface area contributed by atoms with Crippen LogP contribution in [0.25, 0.3) is 33.4 Å². The molecule has 40 heavy (non-hydrogen) atoms. The number of rotatable bonds is 12. The van der Waals surface area contributed by atoms with Crippen molar-refractivity contribution in [1.82, 2.24) is 0 Å². The molecular weight excluding hydrogens is 488 g/mol. The predicted octanol–water partition coefficient (Wildman–Crippen LogP) is 10.3. The van der Waals surface area contributed by atoms with E-state index in [-0.39, 0.29) is 0 Å². The molecule has 0 spiro atoms. The Morgan fingerprint density at radius 1 is 0.400 bits per heavy atom. The lowest BCUT2D eigenvalue weighted by atomic mass is 9.81. The van der Waals surface area contributed by atoms with E-state index in [1.54, 1.807) is 0 Å². The number of hydrogen-bond donors (Lipinski definition) is 0. The summed E-state index contributed by atoms with van der Waals surface area (Å²) < 4.78 is 0. The first-order valence-corrected chi connectivity index (χ1v) is 15.1. The number of fused-ring (bicyclic) bond motifs is 3. The van der Waals surface area contributed by atoms with Gasteiger partial charge in [-0.05, 0) is 94.5 Å². The van der Waals surface area contributed by atoms with Crippen LogP contribution in [-0.2, 0) is 12.8 Å². The zero-order valence-electron chi connectivity index (χ0n) is 24.0. The van der Waals surface area contributed by atoms with E-state index in [1.807, 2.05) is 24.3 Å². The second-order valence-electron chi connectivity index (χ2n) is 11.2. The van der Waals surface area contributed by atoms with Gasteiger partial charge in [-0.3, -0.25) is 9.59 Å². The second-order valence-corrected chi connectivity index (χ2v) is 11.2. The van der Waals surface area contributed by atoms with Crippen LogP contribution in [0.2, 0.25) is 0 Å². The van der Waals surface area contributed by atoms with Gasteiger partial charge in [0.05, 0.1) is 0 Å². The third-order valence-electron chi connectivity index (χ3n) is 8.24. The smallest absolute Gasteiger partial charge is 0.234 e. The van der Waals surface area contributed by atoms with Crippen LogP contribution in [0, 0.1) is 0 Å². The molecule has 0 atom stereocenters. The third-order valence-corrected chi connectivity index (χ3v) is 8.24. The Hall–Kier alpha value is -3.78. The molecule has 2 heteroatoms. The minimum atomic E-state index is -0.420. The van der Waals surface area contributed by atoms with E-state index in [2.05, 4.69) is 74.5 Å². The summed E-state index contributed by atoms with van der Waals surface area (Å²) in [6.45, 7) is 4.48. The van der Waals surface area contributed by atoms with Crippen molar-refractivity contribution in [2.45, 2.75) is 78.1 Å². The van der Waals surface area contributed by atoms with Gasteiger partial charge >= 0.3 is 0 Å². The molecule has 0 amide bonds. The van der Waals surface area contributed by atoms with Crippen molar-refractivity contribution in [3.8, 4) is 33.4 Å². The number of benzene rings is 4. The molecule has 0 heterocycles. The Labute approximate surface area is 239 Å².